The van der Waals surface area contributed by atoms with Gasteiger partial charge in [0.1, 0.15) is 11.5 Å². The molecular formula is C14H18N6OS. The number of carbonyl (C=O) groups is 1. The largest absolute Gasteiger partial charge is 0.368 e. The van der Waals surface area contributed by atoms with Crippen molar-refractivity contribution in [1.82, 2.24) is 24.6 Å². The molecule has 1 aliphatic rings. The molecule has 0 radical (unpaired) electrons. The van der Waals surface area contributed by atoms with Gasteiger partial charge in [0.25, 0.3) is 5.91 Å². The number of amides is 1. The summed E-state index contributed by atoms with van der Waals surface area (Å²) in [7, 11) is 0. The minimum atomic E-state index is -0.0507. The Balaban J connectivity index is 1.52. The topological polar surface area (TPSA) is 83.0 Å². The molecule has 7 nitrogen and oxygen atoms in total. The molecule has 0 aromatic carbocycles. The van der Waals surface area contributed by atoms with E-state index in [1.165, 1.54) is 16.4 Å². The normalized spacial score (nSPS) is 14.8. The molecule has 1 aliphatic heterocycles. The summed E-state index contributed by atoms with van der Waals surface area (Å²) < 4.78 is 4.06. The van der Waals surface area contributed by atoms with Crippen LogP contribution in [0.25, 0.3) is 0 Å². The van der Waals surface area contributed by atoms with E-state index in [9.17, 15) is 4.79 Å². The first-order valence-electron chi connectivity index (χ1n) is 7.28. The molecule has 2 N–H and O–H groups in total. The summed E-state index contributed by atoms with van der Waals surface area (Å²) in [6.45, 7) is 3.86. The molecule has 0 atom stereocenters. The Morgan fingerprint density at radius 1 is 1.32 bits per heavy atom. The van der Waals surface area contributed by atoms with Gasteiger partial charge in [-0.15, -0.1) is 0 Å². The molecule has 2 aromatic rings. The number of carbonyl (C=O) groups excluding carboxylic acids is 1. The standard InChI is InChI=1S/C14H18N6OS/c21-14(20-7-5-15-6-8-20)12-9-18-13(10-17-12)16-3-1-11-2-4-19-22-11/h2,4,9-10,15H,1,3,5-8H2,(H,16,18). The first-order valence-corrected chi connectivity index (χ1v) is 8.06. The van der Waals surface area contributed by atoms with Gasteiger partial charge in [0, 0.05) is 50.2 Å². The number of piperazine rings is 1. The lowest BCUT2D eigenvalue weighted by molar-refractivity contribution is 0.0729. The van der Waals surface area contributed by atoms with Crippen LogP contribution < -0.4 is 10.6 Å². The van der Waals surface area contributed by atoms with E-state index in [0.717, 1.165) is 39.1 Å². The van der Waals surface area contributed by atoms with Crippen LogP contribution in [0, 0.1) is 0 Å². The SMILES string of the molecule is O=C(c1cnc(NCCc2ccns2)cn1)N1CCNCC1. The van der Waals surface area contributed by atoms with Crippen molar-refractivity contribution in [2.75, 3.05) is 38.0 Å². The predicted molar refractivity (Wildman–Crippen MR) is 85.1 cm³/mol. The van der Waals surface area contributed by atoms with Crippen LogP contribution in [0.15, 0.2) is 24.7 Å². The smallest absolute Gasteiger partial charge is 0.274 e. The molecule has 116 valence electrons. The average molecular weight is 318 g/mol. The van der Waals surface area contributed by atoms with E-state index in [0.29, 0.717) is 11.5 Å². The van der Waals surface area contributed by atoms with E-state index in [1.807, 2.05) is 6.07 Å². The Bertz CT molecular complexity index is 594. The molecule has 1 amide bonds. The molecule has 0 unspecified atom stereocenters. The van der Waals surface area contributed by atoms with Crippen molar-refractivity contribution in [3.8, 4) is 0 Å². The fraction of sp³-hybridized carbons (Fsp3) is 0.429. The summed E-state index contributed by atoms with van der Waals surface area (Å²) in [4.78, 5) is 23.8. The summed E-state index contributed by atoms with van der Waals surface area (Å²) in [5, 5.41) is 6.42. The van der Waals surface area contributed by atoms with Gasteiger partial charge in [0.05, 0.1) is 12.4 Å². The highest BCUT2D eigenvalue weighted by Crippen LogP contribution is 2.08. The van der Waals surface area contributed by atoms with Crippen molar-refractivity contribution in [2.45, 2.75) is 6.42 Å². The van der Waals surface area contributed by atoms with Crippen LogP contribution in [-0.2, 0) is 6.42 Å². The Labute approximate surface area is 132 Å². The van der Waals surface area contributed by atoms with Crippen molar-refractivity contribution >= 4 is 23.3 Å². The van der Waals surface area contributed by atoms with Gasteiger partial charge in [-0.25, -0.2) is 14.3 Å². The average Bonchev–Trinajstić information content (AvgIpc) is 3.09. The summed E-state index contributed by atoms with van der Waals surface area (Å²) in [5.41, 5.74) is 0.398. The number of anilines is 1. The number of nitrogens with zero attached hydrogens (tertiary/aromatic N) is 4. The monoisotopic (exact) mass is 318 g/mol. The third kappa shape index (κ3) is 3.77. The Hall–Kier alpha value is -2.06. The zero-order valence-electron chi connectivity index (χ0n) is 12.2. The van der Waals surface area contributed by atoms with Gasteiger partial charge in [-0.05, 0) is 17.6 Å². The third-order valence-corrected chi connectivity index (χ3v) is 4.25. The quantitative estimate of drug-likeness (QED) is 0.841. The van der Waals surface area contributed by atoms with Crippen LogP contribution in [0.2, 0.25) is 0 Å². The molecular weight excluding hydrogens is 300 g/mol. The summed E-state index contributed by atoms with van der Waals surface area (Å²) in [6.07, 6.45) is 5.85. The molecule has 1 fully saturated rings. The molecule has 0 saturated carbocycles. The summed E-state index contributed by atoms with van der Waals surface area (Å²) in [5.74, 6) is 0.631. The van der Waals surface area contributed by atoms with E-state index in [1.54, 1.807) is 23.5 Å². The lowest BCUT2D eigenvalue weighted by Gasteiger charge is -2.26. The molecule has 0 aliphatic carbocycles. The minimum absolute atomic E-state index is 0.0507. The Morgan fingerprint density at radius 2 is 2.18 bits per heavy atom. The predicted octanol–water partition coefficient (Wildman–Crippen LogP) is 0.633. The van der Waals surface area contributed by atoms with Crippen LogP contribution in [0.4, 0.5) is 5.82 Å². The van der Waals surface area contributed by atoms with Gasteiger partial charge in [-0.2, -0.15) is 0 Å². The summed E-state index contributed by atoms with van der Waals surface area (Å²) in [6, 6.07) is 2.01. The van der Waals surface area contributed by atoms with Crippen LogP contribution in [0.3, 0.4) is 0 Å². The maximum atomic E-state index is 12.3. The van der Waals surface area contributed by atoms with Crippen molar-refractivity contribution < 1.29 is 4.79 Å². The van der Waals surface area contributed by atoms with Gasteiger partial charge in [0.2, 0.25) is 0 Å². The van der Waals surface area contributed by atoms with E-state index in [-0.39, 0.29) is 5.91 Å². The van der Waals surface area contributed by atoms with Crippen LogP contribution in [0.5, 0.6) is 0 Å². The highest BCUT2D eigenvalue weighted by atomic mass is 32.1. The zero-order valence-corrected chi connectivity index (χ0v) is 13.0. The van der Waals surface area contributed by atoms with E-state index in [2.05, 4.69) is 25.0 Å². The number of aromatic nitrogens is 3. The molecule has 3 heterocycles. The van der Waals surface area contributed by atoms with Crippen molar-refractivity contribution in [1.29, 1.82) is 0 Å². The minimum Gasteiger partial charge on any atom is -0.368 e. The summed E-state index contributed by atoms with van der Waals surface area (Å²) >= 11 is 1.50. The van der Waals surface area contributed by atoms with Crippen LogP contribution in [-0.4, -0.2) is 57.9 Å². The van der Waals surface area contributed by atoms with E-state index in [4.69, 9.17) is 0 Å². The van der Waals surface area contributed by atoms with Gasteiger partial charge >= 0.3 is 0 Å². The number of hydrogen-bond donors (Lipinski definition) is 2. The molecule has 0 spiro atoms. The van der Waals surface area contributed by atoms with Crippen molar-refractivity contribution in [3.63, 3.8) is 0 Å². The number of nitrogens with one attached hydrogen (secondary N) is 2. The van der Waals surface area contributed by atoms with Crippen LogP contribution >= 0.6 is 11.5 Å². The third-order valence-electron chi connectivity index (χ3n) is 3.44. The van der Waals surface area contributed by atoms with Crippen molar-refractivity contribution in [2.24, 2.45) is 0 Å². The maximum Gasteiger partial charge on any atom is 0.274 e. The Kier molecular flexibility index (Phi) is 4.92. The van der Waals surface area contributed by atoms with Crippen LogP contribution in [0.1, 0.15) is 15.4 Å². The molecule has 2 aromatic heterocycles. The molecule has 0 bridgehead atoms. The van der Waals surface area contributed by atoms with Gasteiger partial charge in [0.15, 0.2) is 0 Å². The van der Waals surface area contributed by atoms with Gasteiger partial charge < -0.3 is 15.5 Å². The van der Waals surface area contributed by atoms with Crippen molar-refractivity contribution in [3.05, 3.63) is 35.2 Å². The molecule has 22 heavy (non-hydrogen) atoms. The lowest BCUT2D eigenvalue weighted by Crippen LogP contribution is -2.46. The first-order chi connectivity index (χ1) is 10.8. The first kappa shape index (κ1) is 14.9. The highest BCUT2D eigenvalue weighted by molar-refractivity contribution is 7.05. The fourth-order valence-corrected chi connectivity index (χ4v) is 2.82. The maximum absolute atomic E-state index is 12.3. The highest BCUT2D eigenvalue weighted by Gasteiger charge is 2.19. The lowest BCUT2D eigenvalue weighted by atomic mass is 10.3. The van der Waals surface area contributed by atoms with Gasteiger partial charge in [-0.3, -0.25) is 4.79 Å². The van der Waals surface area contributed by atoms with Gasteiger partial charge in [-0.1, -0.05) is 0 Å². The number of rotatable bonds is 5. The zero-order chi connectivity index (χ0) is 15.2. The molecule has 3 rings (SSSR count). The second-order valence-corrected chi connectivity index (χ2v) is 5.90. The Morgan fingerprint density at radius 3 is 2.86 bits per heavy atom. The fourth-order valence-electron chi connectivity index (χ4n) is 2.24. The molecule has 8 heteroatoms. The second kappa shape index (κ2) is 7.28. The second-order valence-electron chi connectivity index (χ2n) is 4.98. The van der Waals surface area contributed by atoms with E-state index >= 15 is 0 Å². The van der Waals surface area contributed by atoms with E-state index < -0.39 is 0 Å². The number of hydrogen-bond acceptors (Lipinski definition) is 7. The molecule has 1 saturated heterocycles.